The van der Waals surface area contributed by atoms with Crippen LogP contribution in [0.5, 0.6) is 0 Å². The van der Waals surface area contributed by atoms with Crippen LogP contribution in [0.15, 0.2) is 91.3 Å². The Balaban J connectivity index is 0.000000204. The summed E-state index contributed by atoms with van der Waals surface area (Å²) < 4.78 is 2.72. The van der Waals surface area contributed by atoms with E-state index in [9.17, 15) is 0 Å². The number of pyridine rings is 2. The molecular formula is C39H40IrN2SSi-2. The molecule has 0 unspecified atom stereocenters. The third kappa shape index (κ3) is 6.97. The van der Waals surface area contributed by atoms with E-state index >= 15 is 0 Å². The van der Waals surface area contributed by atoms with Gasteiger partial charge in [0.15, 0.2) is 0 Å². The van der Waals surface area contributed by atoms with Crippen LogP contribution in [0, 0.1) is 12.1 Å². The second-order valence-corrected chi connectivity index (χ2v) is 19.1. The molecule has 7 rings (SSSR count). The summed E-state index contributed by atoms with van der Waals surface area (Å²) in [4.78, 5) is 9.20. The summed E-state index contributed by atoms with van der Waals surface area (Å²) in [5.74, 6) is 1.24. The largest absolute Gasteiger partial charge is 0.305 e. The number of fused-ring (bicyclic) bond motifs is 3. The van der Waals surface area contributed by atoms with Crippen molar-refractivity contribution in [3.63, 3.8) is 0 Å². The normalized spacial score (nSPS) is 13.6. The Morgan fingerprint density at radius 3 is 2.34 bits per heavy atom. The molecule has 0 atom stereocenters. The first-order valence-corrected chi connectivity index (χ1v) is 19.9. The van der Waals surface area contributed by atoms with Gasteiger partial charge in [0.1, 0.15) is 0 Å². The van der Waals surface area contributed by atoms with Gasteiger partial charge in [-0.1, -0.05) is 92.8 Å². The molecule has 2 nitrogen and oxygen atoms in total. The monoisotopic (exact) mass is 789 g/mol. The van der Waals surface area contributed by atoms with Crippen molar-refractivity contribution in [1.29, 1.82) is 0 Å². The standard InChI is InChI=1S/C25H26NSSi.C14H14N.Ir/c1-28(2,3)23-13-7-12-22-24(23)20-11-6-10-19(25(20)27-22)21-16-18(14-15-26-21)17-8-4-5-9-17;1-11(2)13-8-9-14(15-10-13)12-6-4-3-5-7-12;/h6-7,11-17H,4-5,8-9H2,1-3H3;3-6,8-11H,1-2H3;/q2*-1;. The first-order valence-electron chi connectivity index (χ1n) is 15.6. The van der Waals surface area contributed by atoms with Crippen LogP contribution in [0.1, 0.15) is 62.5 Å². The molecule has 0 bridgehead atoms. The average molecular weight is 789 g/mol. The van der Waals surface area contributed by atoms with Gasteiger partial charge in [-0.25, -0.2) is 0 Å². The van der Waals surface area contributed by atoms with Gasteiger partial charge in [-0.15, -0.1) is 59.7 Å². The fourth-order valence-electron chi connectivity index (χ4n) is 6.16. The Morgan fingerprint density at radius 2 is 1.66 bits per heavy atom. The van der Waals surface area contributed by atoms with Gasteiger partial charge >= 0.3 is 0 Å². The van der Waals surface area contributed by atoms with Crippen molar-refractivity contribution < 1.29 is 20.1 Å². The van der Waals surface area contributed by atoms with Gasteiger partial charge in [-0.3, -0.25) is 0 Å². The number of hydrogen-bond donors (Lipinski definition) is 0. The maximum Gasteiger partial charge on any atom is 0.0783 e. The van der Waals surface area contributed by atoms with E-state index in [1.54, 1.807) is 5.19 Å². The molecule has 1 fully saturated rings. The van der Waals surface area contributed by atoms with Crippen molar-refractivity contribution in [1.82, 2.24) is 9.97 Å². The van der Waals surface area contributed by atoms with Crippen LogP contribution in [0.2, 0.25) is 19.6 Å². The fraction of sp³-hybridized carbons (Fsp3) is 0.282. The number of rotatable bonds is 5. The number of thiophene rings is 1. The van der Waals surface area contributed by atoms with Crippen LogP contribution in [0.3, 0.4) is 0 Å². The minimum Gasteiger partial charge on any atom is -0.305 e. The summed E-state index contributed by atoms with van der Waals surface area (Å²) >= 11 is 1.90. The van der Waals surface area contributed by atoms with Gasteiger partial charge in [0.25, 0.3) is 0 Å². The number of benzene rings is 3. The van der Waals surface area contributed by atoms with Crippen molar-refractivity contribution in [2.45, 2.75) is 71.0 Å². The van der Waals surface area contributed by atoms with Crippen LogP contribution in [-0.4, -0.2) is 18.0 Å². The van der Waals surface area contributed by atoms with E-state index in [1.807, 2.05) is 48.0 Å². The summed E-state index contributed by atoms with van der Waals surface area (Å²) in [5, 5.41) is 4.39. The molecule has 44 heavy (non-hydrogen) atoms. The molecule has 0 saturated heterocycles. The Bertz CT molecular complexity index is 1830. The van der Waals surface area contributed by atoms with E-state index in [0.29, 0.717) is 11.8 Å². The first-order chi connectivity index (χ1) is 20.8. The van der Waals surface area contributed by atoms with Crippen molar-refractivity contribution >= 4 is 44.8 Å². The molecule has 1 radical (unpaired) electrons. The molecule has 3 heterocycles. The van der Waals surface area contributed by atoms with Gasteiger partial charge in [-0.2, -0.15) is 11.3 Å². The molecule has 0 spiro atoms. The topological polar surface area (TPSA) is 25.8 Å². The second kappa shape index (κ2) is 14.0. The number of nitrogens with zero attached hydrogens (tertiary/aromatic N) is 2. The second-order valence-electron chi connectivity index (χ2n) is 13.0. The minimum absolute atomic E-state index is 0. The molecule has 6 aromatic rings. The Hall–Kier alpha value is -2.95. The molecule has 5 heteroatoms. The van der Waals surface area contributed by atoms with Gasteiger partial charge in [0.05, 0.1) is 8.07 Å². The van der Waals surface area contributed by atoms with Crippen LogP contribution in [0.25, 0.3) is 42.7 Å². The zero-order chi connectivity index (χ0) is 30.0. The van der Waals surface area contributed by atoms with Crippen LogP contribution in [0.4, 0.5) is 0 Å². The smallest absolute Gasteiger partial charge is 0.0783 e. The zero-order valence-electron chi connectivity index (χ0n) is 26.3. The van der Waals surface area contributed by atoms with Crippen LogP contribution < -0.4 is 5.19 Å². The number of aromatic nitrogens is 2. The van der Waals surface area contributed by atoms with E-state index in [-0.39, 0.29) is 20.1 Å². The third-order valence-electron chi connectivity index (χ3n) is 8.57. The SMILES string of the molecule is CC(C)c1ccc(-c2[c-]cccc2)nc1.C[Si](C)(C)c1cccc2sc3c(-c4cc(C5CCCC5)ccn4)[c-]ccc3c12.[Ir]. The molecule has 1 aliphatic rings. The predicted octanol–water partition coefficient (Wildman–Crippen LogP) is 10.8. The van der Waals surface area contributed by atoms with Gasteiger partial charge in [0.2, 0.25) is 0 Å². The van der Waals surface area contributed by atoms with E-state index in [4.69, 9.17) is 4.98 Å². The first kappa shape index (κ1) is 32.4. The Labute approximate surface area is 281 Å². The average Bonchev–Trinajstić information content (AvgIpc) is 3.70. The quantitative estimate of drug-likeness (QED) is 0.128. The van der Waals surface area contributed by atoms with Crippen molar-refractivity contribution in [3.05, 3.63) is 115 Å². The number of hydrogen-bond acceptors (Lipinski definition) is 3. The van der Waals surface area contributed by atoms with E-state index in [2.05, 4.69) is 105 Å². The van der Waals surface area contributed by atoms with Gasteiger partial charge in [-0.05, 0) is 63.8 Å². The molecule has 3 aromatic heterocycles. The van der Waals surface area contributed by atoms with Gasteiger partial charge < -0.3 is 9.97 Å². The predicted molar refractivity (Wildman–Crippen MR) is 188 cm³/mol. The summed E-state index contributed by atoms with van der Waals surface area (Å²) in [6.45, 7) is 11.7. The maximum absolute atomic E-state index is 4.76. The van der Waals surface area contributed by atoms with Crippen molar-refractivity contribution in [2.24, 2.45) is 0 Å². The molecule has 0 aliphatic heterocycles. The molecule has 1 saturated carbocycles. The van der Waals surface area contributed by atoms with E-state index in [0.717, 1.165) is 17.0 Å². The molecule has 3 aromatic carbocycles. The molecule has 0 N–H and O–H groups in total. The van der Waals surface area contributed by atoms with Crippen LogP contribution >= 0.6 is 11.3 Å². The van der Waals surface area contributed by atoms with E-state index < -0.39 is 8.07 Å². The molecule has 227 valence electrons. The summed E-state index contributed by atoms with van der Waals surface area (Å²) in [7, 11) is -1.42. The Kier molecular flexibility index (Phi) is 10.3. The minimum atomic E-state index is -1.42. The van der Waals surface area contributed by atoms with Crippen molar-refractivity contribution in [3.8, 4) is 22.5 Å². The van der Waals surface area contributed by atoms with Gasteiger partial charge in [0, 0.05) is 37.2 Å². The summed E-state index contributed by atoms with van der Waals surface area (Å²) in [5.41, 5.74) is 7.01. The maximum atomic E-state index is 4.76. The molecule has 1 aliphatic carbocycles. The fourth-order valence-corrected chi connectivity index (χ4v) is 9.10. The summed E-state index contributed by atoms with van der Waals surface area (Å²) in [6, 6.07) is 34.5. The molecular weight excluding hydrogens is 749 g/mol. The zero-order valence-corrected chi connectivity index (χ0v) is 30.5. The van der Waals surface area contributed by atoms with E-state index in [1.165, 1.54) is 62.5 Å². The summed E-state index contributed by atoms with van der Waals surface area (Å²) in [6.07, 6.45) is 9.30. The third-order valence-corrected chi connectivity index (χ3v) is 11.8. The molecule has 0 amide bonds. The van der Waals surface area contributed by atoms with Crippen LogP contribution in [-0.2, 0) is 20.1 Å². The Morgan fingerprint density at radius 1 is 0.841 bits per heavy atom. The van der Waals surface area contributed by atoms with Crippen molar-refractivity contribution in [2.75, 3.05) is 0 Å².